The molecular formula is C11H16ClN3O. The van der Waals surface area contributed by atoms with E-state index in [0.717, 1.165) is 19.6 Å². The van der Waals surface area contributed by atoms with Crippen LogP contribution in [0.3, 0.4) is 0 Å². The summed E-state index contributed by atoms with van der Waals surface area (Å²) in [6, 6.07) is 1.95. The van der Waals surface area contributed by atoms with Gasteiger partial charge in [0.1, 0.15) is 5.69 Å². The lowest BCUT2D eigenvalue weighted by Gasteiger charge is -2.34. The van der Waals surface area contributed by atoms with Gasteiger partial charge >= 0.3 is 0 Å². The third-order valence-corrected chi connectivity index (χ3v) is 3.16. The minimum absolute atomic E-state index is 0.0587. The van der Waals surface area contributed by atoms with Crippen LogP contribution >= 0.6 is 11.6 Å². The number of rotatable bonds is 1. The molecule has 1 aromatic rings. The Morgan fingerprint density at radius 1 is 1.62 bits per heavy atom. The van der Waals surface area contributed by atoms with E-state index in [4.69, 9.17) is 11.6 Å². The summed E-state index contributed by atoms with van der Waals surface area (Å²) in [6.45, 7) is 4.51. The van der Waals surface area contributed by atoms with Gasteiger partial charge in [-0.25, -0.2) is 0 Å². The number of piperazine rings is 1. The third kappa shape index (κ3) is 2.08. The van der Waals surface area contributed by atoms with Crippen LogP contribution in [0, 0.1) is 0 Å². The Hall–Kier alpha value is -1.00. The van der Waals surface area contributed by atoms with E-state index in [9.17, 15) is 4.79 Å². The van der Waals surface area contributed by atoms with Crippen LogP contribution in [0.2, 0.25) is 5.02 Å². The van der Waals surface area contributed by atoms with Crippen molar-refractivity contribution in [3.8, 4) is 0 Å². The molecule has 1 N–H and O–H groups in total. The SMILES string of the molecule is C[C@@H]1CNCCN1C(=O)c1cc(Cl)cn1C. The number of hydrogen-bond donors (Lipinski definition) is 1. The van der Waals surface area contributed by atoms with Gasteiger partial charge in [0, 0.05) is 38.9 Å². The van der Waals surface area contributed by atoms with Crippen LogP contribution in [0.1, 0.15) is 17.4 Å². The molecule has 88 valence electrons. The molecule has 1 atom stereocenters. The van der Waals surface area contributed by atoms with Gasteiger partial charge in [-0.2, -0.15) is 0 Å². The Balaban J connectivity index is 2.21. The van der Waals surface area contributed by atoms with E-state index < -0.39 is 0 Å². The highest BCUT2D eigenvalue weighted by Crippen LogP contribution is 2.16. The topological polar surface area (TPSA) is 37.3 Å². The summed E-state index contributed by atoms with van der Waals surface area (Å²) >= 11 is 5.88. The zero-order valence-electron chi connectivity index (χ0n) is 9.53. The summed E-state index contributed by atoms with van der Waals surface area (Å²) in [6.07, 6.45) is 1.75. The molecule has 1 amide bonds. The molecule has 0 saturated carbocycles. The first kappa shape index (κ1) is 11.5. The number of aryl methyl sites for hydroxylation is 1. The predicted octanol–water partition coefficient (Wildman–Crippen LogP) is 1.11. The second-order valence-corrected chi connectivity index (χ2v) is 4.64. The number of carbonyl (C=O) groups is 1. The molecule has 0 spiro atoms. The van der Waals surface area contributed by atoms with Gasteiger partial charge in [0.2, 0.25) is 0 Å². The molecule has 2 rings (SSSR count). The lowest BCUT2D eigenvalue weighted by atomic mass is 10.2. The van der Waals surface area contributed by atoms with Crippen molar-refractivity contribution < 1.29 is 4.79 Å². The summed E-state index contributed by atoms with van der Waals surface area (Å²) in [4.78, 5) is 14.2. The van der Waals surface area contributed by atoms with E-state index in [-0.39, 0.29) is 11.9 Å². The van der Waals surface area contributed by atoms with E-state index in [1.807, 2.05) is 11.9 Å². The van der Waals surface area contributed by atoms with Crippen molar-refractivity contribution in [3.63, 3.8) is 0 Å². The molecule has 0 aromatic carbocycles. The Morgan fingerprint density at radius 2 is 2.38 bits per heavy atom. The van der Waals surface area contributed by atoms with Crippen LogP contribution in [-0.4, -0.2) is 41.1 Å². The summed E-state index contributed by atoms with van der Waals surface area (Å²) in [7, 11) is 1.84. The Bertz CT molecular complexity index is 402. The van der Waals surface area contributed by atoms with Crippen molar-refractivity contribution in [2.24, 2.45) is 7.05 Å². The van der Waals surface area contributed by atoms with Gasteiger partial charge in [-0.1, -0.05) is 11.6 Å². The quantitative estimate of drug-likeness (QED) is 0.800. The average molecular weight is 242 g/mol. The van der Waals surface area contributed by atoms with Gasteiger partial charge in [0.15, 0.2) is 0 Å². The number of nitrogens with zero attached hydrogens (tertiary/aromatic N) is 2. The van der Waals surface area contributed by atoms with Crippen molar-refractivity contribution in [2.45, 2.75) is 13.0 Å². The van der Waals surface area contributed by atoms with Crippen LogP contribution in [0.15, 0.2) is 12.3 Å². The minimum Gasteiger partial charge on any atom is -0.345 e. The highest BCUT2D eigenvalue weighted by atomic mass is 35.5. The number of aromatic nitrogens is 1. The van der Waals surface area contributed by atoms with E-state index in [2.05, 4.69) is 12.2 Å². The second-order valence-electron chi connectivity index (χ2n) is 4.21. The number of halogens is 1. The maximum atomic E-state index is 12.3. The summed E-state index contributed by atoms with van der Waals surface area (Å²) in [5.74, 6) is 0.0587. The fraction of sp³-hybridized carbons (Fsp3) is 0.545. The number of amides is 1. The molecule has 0 bridgehead atoms. The molecule has 16 heavy (non-hydrogen) atoms. The van der Waals surface area contributed by atoms with Crippen LogP contribution in [-0.2, 0) is 7.05 Å². The fourth-order valence-electron chi connectivity index (χ4n) is 2.03. The molecule has 5 heteroatoms. The summed E-state index contributed by atoms with van der Waals surface area (Å²) in [5, 5.41) is 3.87. The Kier molecular flexibility index (Phi) is 3.21. The molecule has 1 aliphatic heterocycles. The molecule has 1 aliphatic rings. The average Bonchev–Trinajstić information content (AvgIpc) is 2.58. The van der Waals surface area contributed by atoms with E-state index in [1.54, 1.807) is 16.8 Å². The maximum Gasteiger partial charge on any atom is 0.270 e. The lowest BCUT2D eigenvalue weighted by Crippen LogP contribution is -2.52. The predicted molar refractivity (Wildman–Crippen MR) is 63.8 cm³/mol. The molecule has 0 radical (unpaired) electrons. The molecule has 2 heterocycles. The van der Waals surface area contributed by atoms with Gasteiger partial charge in [-0.3, -0.25) is 4.79 Å². The van der Waals surface area contributed by atoms with Crippen molar-refractivity contribution in [1.29, 1.82) is 0 Å². The lowest BCUT2D eigenvalue weighted by molar-refractivity contribution is 0.0646. The van der Waals surface area contributed by atoms with Crippen molar-refractivity contribution in [2.75, 3.05) is 19.6 Å². The standard InChI is InChI=1S/C11H16ClN3O/c1-8-6-13-3-4-15(8)11(16)10-5-9(12)7-14(10)2/h5,7-8,13H,3-4,6H2,1-2H3/t8-/m1/s1. The van der Waals surface area contributed by atoms with Crippen LogP contribution in [0.25, 0.3) is 0 Å². The van der Waals surface area contributed by atoms with Gasteiger partial charge in [-0.05, 0) is 13.0 Å². The van der Waals surface area contributed by atoms with Crippen molar-refractivity contribution in [1.82, 2.24) is 14.8 Å². The minimum atomic E-state index is 0.0587. The van der Waals surface area contributed by atoms with Gasteiger partial charge < -0.3 is 14.8 Å². The highest BCUT2D eigenvalue weighted by molar-refractivity contribution is 6.31. The fourth-order valence-corrected chi connectivity index (χ4v) is 2.28. The summed E-state index contributed by atoms with van der Waals surface area (Å²) < 4.78 is 1.78. The largest absolute Gasteiger partial charge is 0.345 e. The first-order valence-electron chi connectivity index (χ1n) is 5.43. The molecule has 4 nitrogen and oxygen atoms in total. The molecular weight excluding hydrogens is 226 g/mol. The molecule has 1 saturated heterocycles. The van der Waals surface area contributed by atoms with Crippen LogP contribution in [0.5, 0.6) is 0 Å². The zero-order valence-corrected chi connectivity index (χ0v) is 10.3. The number of hydrogen-bond acceptors (Lipinski definition) is 2. The normalized spacial score (nSPS) is 21.2. The smallest absolute Gasteiger partial charge is 0.270 e. The number of carbonyl (C=O) groups excluding carboxylic acids is 1. The maximum absolute atomic E-state index is 12.3. The van der Waals surface area contributed by atoms with Gasteiger partial charge in [-0.15, -0.1) is 0 Å². The van der Waals surface area contributed by atoms with Crippen LogP contribution < -0.4 is 5.32 Å². The molecule has 0 unspecified atom stereocenters. The first-order chi connectivity index (χ1) is 7.59. The monoisotopic (exact) mass is 241 g/mol. The second kappa shape index (κ2) is 4.47. The first-order valence-corrected chi connectivity index (χ1v) is 5.81. The zero-order chi connectivity index (χ0) is 11.7. The van der Waals surface area contributed by atoms with E-state index in [0.29, 0.717) is 10.7 Å². The molecule has 1 aromatic heterocycles. The van der Waals surface area contributed by atoms with Crippen molar-refractivity contribution in [3.05, 3.63) is 23.0 Å². The Morgan fingerprint density at radius 3 is 2.94 bits per heavy atom. The Labute approximate surface area is 100 Å². The highest BCUT2D eigenvalue weighted by Gasteiger charge is 2.25. The molecule has 0 aliphatic carbocycles. The van der Waals surface area contributed by atoms with Crippen LogP contribution in [0.4, 0.5) is 0 Å². The molecule has 1 fully saturated rings. The summed E-state index contributed by atoms with van der Waals surface area (Å²) in [5.41, 5.74) is 0.652. The third-order valence-electron chi connectivity index (χ3n) is 2.95. The number of nitrogens with one attached hydrogen (secondary N) is 1. The van der Waals surface area contributed by atoms with Gasteiger partial charge in [0.05, 0.1) is 5.02 Å². The van der Waals surface area contributed by atoms with E-state index in [1.165, 1.54) is 0 Å². The van der Waals surface area contributed by atoms with Crippen molar-refractivity contribution >= 4 is 17.5 Å². The van der Waals surface area contributed by atoms with E-state index >= 15 is 0 Å². The van der Waals surface area contributed by atoms with Gasteiger partial charge in [0.25, 0.3) is 5.91 Å².